The van der Waals surface area contributed by atoms with Crippen molar-refractivity contribution in [2.75, 3.05) is 12.3 Å². The predicted molar refractivity (Wildman–Crippen MR) is 116 cm³/mol. The Hall–Kier alpha value is -2.25. The molecule has 5 nitrogen and oxygen atoms in total. The van der Waals surface area contributed by atoms with Gasteiger partial charge in [0.2, 0.25) is 5.91 Å². The van der Waals surface area contributed by atoms with E-state index in [1.165, 1.54) is 16.7 Å². The lowest BCUT2D eigenvalue weighted by molar-refractivity contribution is -0.118. The molecule has 0 bridgehead atoms. The van der Waals surface area contributed by atoms with E-state index in [4.69, 9.17) is 0 Å². The number of nitrogens with one attached hydrogen (secondary N) is 1. The highest BCUT2D eigenvalue weighted by molar-refractivity contribution is 7.99. The Morgan fingerprint density at radius 3 is 2.36 bits per heavy atom. The Morgan fingerprint density at radius 2 is 1.68 bits per heavy atom. The molecule has 1 aromatic heterocycles. The highest BCUT2D eigenvalue weighted by atomic mass is 32.2. The Kier molecular flexibility index (Phi) is 7.56. The maximum atomic E-state index is 12.1. The molecule has 0 saturated heterocycles. The Morgan fingerprint density at radius 1 is 1.00 bits per heavy atom. The fourth-order valence-corrected chi connectivity index (χ4v) is 4.12. The van der Waals surface area contributed by atoms with E-state index in [0.29, 0.717) is 24.0 Å². The highest BCUT2D eigenvalue weighted by Gasteiger charge is 2.16. The summed E-state index contributed by atoms with van der Waals surface area (Å²) in [5.74, 6) is 2.34. The maximum Gasteiger partial charge on any atom is 0.230 e. The molecule has 1 amide bonds. The van der Waals surface area contributed by atoms with Crippen molar-refractivity contribution in [3.63, 3.8) is 0 Å². The summed E-state index contributed by atoms with van der Waals surface area (Å²) in [5, 5.41) is 12.4. The van der Waals surface area contributed by atoms with Gasteiger partial charge >= 0.3 is 0 Å². The average molecular weight is 413 g/mol. The minimum atomic E-state index is 0.0153. The Balaban J connectivity index is 1.74. The van der Waals surface area contributed by atoms with Crippen molar-refractivity contribution >= 4 is 29.4 Å². The van der Waals surface area contributed by atoms with Gasteiger partial charge in [0.15, 0.2) is 5.16 Å². The first kappa shape index (κ1) is 20.5. The number of carbonyl (C=O) groups is 1. The monoisotopic (exact) mass is 412 g/mol. The van der Waals surface area contributed by atoms with E-state index in [9.17, 15) is 4.79 Å². The molecule has 0 atom stereocenters. The molecule has 0 aliphatic rings. The van der Waals surface area contributed by atoms with Crippen molar-refractivity contribution in [2.45, 2.75) is 29.7 Å². The summed E-state index contributed by atoms with van der Waals surface area (Å²) >= 11 is 3.13. The number of thioether (sulfide) groups is 2. The molecule has 0 spiro atoms. The highest BCUT2D eigenvalue weighted by Crippen LogP contribution is 2.27. The third kappa shape index (κ3) is 5.87. The van der Waals surface area contributed by atoms with Crippen LogP contribution in [0.2, 0.25) is 0 Å². The number of aromatic nitrogens is 3. The molecule has 3 aromatic rings. The molecule has 3 rings (SSSR count). The molecule has 1 N–H and O–H groups in total. The lowest BCUT2D eigenvalue weighted by Gasteiger charge is -2.11. The van der Waals surface area contributed by atoms with E-state index in [0.717, 1.165) is 16.7 Å². The molecular weight excluding hydrogens is 388 g/mol. The first-order valence-corrected chi connectivity index (χ1v) is 11.2. The largest absolute Gasteiger partial charge is 0.355 e. The number of nitrogens with zero attached hydrogens (tertiary/aromatic N) is 3. The van der Waals surface area contributed by atoms with Crippen LogP contribution in [0.15, 0.2) is 70.7 Å². The van der Waals surface area contributed by atoms with Crippen molar-refractivity contribution in [3.05, 3.63) is 66.5 Å². The normalized spacial score (nSPS) is 11.0. The zero-order valence-electron chi connectivity index (χ0n) is 16.0. The second-order valence-corrected chi connectivity index (χ2v) is 8.65. The van der Waals surface area contributed by atoms with Crippen LogP contribution in [-0.4, -0.2) is 33.0 Å². The van der Waals surface area contributed by atoms with E-state index in [-0.39, 0.29) is 5.91 Å². The van der Waals surface area contributed by atoms with Crippen molar-refractivity contribution in [1.29, 1.82) is 0 Å². The molecule has 1 heterocycles. The molecule has 0 aliphatic heterocycles. The fraction of sp³-hybridized carbons (Fsp3) is 0.286. The summed E-state index contributed by atoms with van der Waals surface area (Å²) < 4.78 is 2.04. The van der Waals surface area contributed by atoms with Gasteiger partial charge in [-0.2, -0.15) is 0 Å². The van der Waals surface area contributed by atoms with Crippen LogP contribution in [0.3, 0.4) is 0 Å². The molecular formula is C21H24N4OS2. The predicted octanol–water partition coefficient (Wildman–Crippen LogP) is 4.42. The van der Waals surface area contributed by atoms with Crippen LogP contribution in [-0.2, 0) is 10.5 Å². The number of para-hydroxylation sites is 1. The number of benzene rings is 2. The molecule has 28 heavy (non-hydrogen) atoms. The van der Waals surface area contributed by atoms with E-state index in [1.54, 1.807) is 11.8 Å². The summed E-state index contributed by atoms with van der Waals surface area (Å²) in [6, 6.07) is 20.3. The van der Waals surface area contributed by atoms with Crippen LogP contribution in [0, 0.1) is 5.92 Å². The summed E-state index contributed by atoms with van der Waals surface area (Å²) in [4.78, 5) is 13.3. The smallest absolute Gasteiger partial charge is 0.230 e. The van der Waals surface area contributed by atoms with Gasteiger partial charge in [0.25, 0.3) is 0 Å². The Bertz CT molecular complexity index is 882. The molecule has 7 heteroatoms. The van der Waals surface area contributed by atoms with Gasteiger partial charge in [0.05, 0.1) is 11.5 Å². The number of hydrogen-bond acceptors (Lipinski definition) is 5. The van der Waals surface area contributed by atoms with Crippen molar-refractivity contribution in [1.82, 2.24) is 20.1 Å². The Labute approximate surface area is 174 Å². The average Bonchev–Trinajstić information content (AvgIpc) is 3.13. The maximum absolute atomic E-state index is 12.1. The standard InChI is InChI=1S/C21H24N4OS2/c1-16(2)13-22-20(26)15-28-21-24-23-19(14-27-18-11-7-4-8-12-18)25(21)17-9-5-3-6-10-17/h3-12,16H,13-15H2,1-2H3,(H,22,26). The number of amides is 1. The minimum absolute atomic E-state index is 0.0153. The fourth-order valence-electron chi connectivity index (χ4n) is 2.49. The van der Waals surface area contributed by atoms with Crippen LogP contribution in [0.1, 0.15) is 19.7 Å². The first-order valence-electron chi connectivity index (χ1n) is 9.20. The van der Waals surface area contributed by atoms with Crippen LogP contribution in [0.4, 0.5) is 0 Å². The zero-order chi connectivity index (χ0) is 19.8. The van der Waals surface area contributed by atoms with Gasteiger partial charge in [-0.15, -0.1) is 22.0 Å². The van der Waals surface area contributed by atoms with Crippen LogP contribution in [0.25, 0.3) is 5.69 Å². The second kappa shape index (κ2) is 10.3. The van der Waals surface area contributed by atoms with Gasteiger partial charge in [-0.3, -0.25) is 9.36 Å². The van der Waals surface area contributed by atoms with Crippen LogP contribution < -0.4 is 5.32 Å². The van der Waals surface area contributed by atoms with Crippen molar-refractivity contribution in [2.24, 2.45) is 5.92 Å². The molecule has 2 aromatic carbocycles. The SMILES string of the molecule is CC(C)CNC(=O)CSc1nnc(CSc2ccccc2)n1-c1ccccc1. The van der Waals surface area contributed by atoms with Crippen LogP contribution >= 0.6 is 23.5 Å². The summed E-state index contributed by atoms with van der Waals surface area (Å²) in [5.41, 5.74) is 1.00. The second-order valence-electron chi connectivity index (χ2n) is 6.66. The van der Waals surface area contributed by atoms with E-state index < -0.39 is 0 Å². The lowest BCUT2D eigenvalue weighted by Crippen LogP contribution is -2.28. The van der Waals surface area contributed by atoms with Crippen molar-refractivity contribution < 1.29 is 4.79 Å². The van der Waals surface area contributed by atoms with E-state index >= 15 is 0 Å². The van der Waals surface area contributed by atoms with Gasteiger partial charge in [0, 0.05) is 17.1 Å². The van der Waals surface area contributed by atoms with Gasteiger partial charge < -0.3 is 5.32 Å². The first-order chi connectivity index (χ1) is 13.6. The third-order valence-corrected chi connectivity index (χ3v) is 5.80. The van der Waals surface area contributed by atoms with E-state index in [1.807, 2.05) is 53.1 Å². The molecule has 0 radical (unpaired) electrons. The molecule has 0 aliphatic carbocycles. The molecule has 146 valence electrons. The van der Waals surface area contributed by atoms with Crippen molar-refractivity contribution in [3.8, 4) is 5.69 Å². The lowest BCUT2D eigenvalue weighted by atomic mass is 10.2. The number of rotatable bonds is 9. The summed E-state index contributed by atoms with van der Waals surface area (Å²) in [7, 11) is 0. The summed E-state index contributed by atoms with van der Waals surface area (Å²) in [6.07, 6.45) is 0. The van der Waals surface area contributed by atoms with Gasteiger partial charge in [-0.25, -0.2) is 0 Å². The summed E-state index contributed by atoms with van der Waals surface area (Å²) in [6.45, 7) is 4.84. The topological polar surface area (TPSA) is 59.8 Å². The van der Waals surface area contributed by atoms with Gasteiger partial charge in [-0.1, -0.05) is 62.0 Å². The van der Waals surface area contributed by atoms with Gasteiger partial charge in [-0.05, 0) is 30.2 Å². The van der Waals surface area contributed by atoms with Gasteiger partial charge in [0.1, 0.15) is 5.82 Å². The van der Waals surface area contributed by atoms with Crippen LogP contribution in [0.5, 0.6) is 0 Å². The molecule has 0 saturated carbocycles. The minimum Gasteiger partial charge on any atom is -0.355 e. The van der Waals surface area contributed by atoms with E-state index in [2.05, 4.69) is 41.5 Å². The zero-order valence-corrected chi connectivity index (χ0v) is 17.7. The third-order valence-electron chi connectivity index (χ3n) is 3.87. The number of hydrogen-bond donors (Lipinski definition) is 1. The molecule has 0 fully saturated rings. The number of carbonyl (C=O) groups excluding carboxylic acids is 1. The molecule has 0 unspecified atom stereocenters. The quantitative estimate of drug-likeness (QED) is 0.527.